The maximum Gasteiger partial charge on any atom is 0.161 e. The molecule has 0 spiro atoms. The number of imidazole rings is 1. The maximum atomic E-state index is 9.94. The smallest absolute Gasteiger partial charge is 0.161 e. The minimum absolute atomic E-state index is 0.106. The van der Waals surface area contributed by atoms with Crippen molar-refractivity contribution in [3.05, 3.63) is 60.2 Å². The molecule has 2 heterocycles. The van der Waals surface area contributed by atoms with Gasteiger partial charge in [0.1, 0.15) is 5.69 Å². The molecule has 0 atom stereocenters. The number of aromatic nitrogens is 4. The molecule has 0 aliphatic heterocycles. The van der Waals surface area contributed by atoms with Gasteiger partial charge in [-0.3, -0.25) is 5.10 Å². The van der Waals surface area contributed by atoms with Crippen molar-refractivity contribution >= 4 is 21.9 Å². The van der Waals surface area contributed by atoms with Crippen LogP contribution in [0, 0.1) is 0 Å². The predicted molar refractivity (Wildman–Crippen MR) is 120 cm³/mol. The fourth-order valence-electron chi connectivity index (χ4n) is 3.86. The molecule has 0 aliphatic carbocycles. The van der Waals surface area contributed by atoms with Crippen molar-refractivity contribution in [2.45, 2.75) is 13.5 Å². The average molecular weight is 414 g/mol. The van der Waals surface area contributed by atoms with E-state index in [1.807, 2.05) is 61.5 Å². The molecule has 0 saturated carbocycles. The number of aromatic amines is 2. The van der Waals surface area contributed by atoms with Gasteiger partial charge in [-0.05, 0) is 60.0 Å². The maximum absolute atomic E-state index is 9.94. The highest BCUT2D eigenvalue weighted by Crippen LogP contribution is 2.37. The van der Waals surface area contributed by atoms with E-state index < -0.39 is 0 Å². The molecule has 5 aromatic rings. The van der Waals surface area contributed by atoms with Crippen molar-refractivity contribution in [1.82, 2.24) is 20.2 Å². The zero-order valence-electron chi connectivity index (χ0n) is 17.3. The minimum atomic E-state index is -0.106. The molecule has 0 bridgehead atoms. The molecule has 0 unspecified atom stereocenters. The van der Waals surface area contributed by atoms with Crippen LogP contribution in [0.3, 0.4) is 0 Å². The van der Waals surface area contributed by atoms with E-state index in [0.717, 1.165) is 50.1 Å². The van der Waals surface area contributed by atoms with Crippen LogP contribution in [0.2, 0.25) is 0 Å². The second-order valence-electron chi connectivity index (χ2n) is 7.19. The Kier molecular flexibility index (Phi) is 4.80. The largest absolute Gasteiger partial charge is 0.493 e. The van der Waals surface area contributed by atoms with Crippen LogP contribution in [-0.4, -0.2) is 39.0 Å². The quantitative estimate of drug-likeness (QED) is 0.375. The Morgan fingerprint density at radius 1 is 1.00 bits per heavy atom. The number of aliphatic hydroxyl groups excluding tert-OH is 1. The number of benzene rings is 3. The van der Waals surface area contributed by atoms with Crippen molar-refractivity contribution in [3.63, 3.8) is 0 Å². The molecule has 0 fully saturated rings. The summed E-state index contributed by atoms with van der Waals surface area (Å²) in [5, 5.41) is 18.5. The van der Waals surface area contributed by atoms with Gasteiger partial charge in [0.15, 0.2) is 17.3 Å². The molecule has 7 heteroatoms. The number of hydrogen-bond donors (Lipinski definition) is 3. The van der Waals surface area contributed by atoms with Gasteiger partial charge in [-0.15, -0.1) is 0 Å². The van der Waals surface area contributed by atoms with E-state index in [4.69, 9.17) is 9.47 Å². The summed E-state index contributed by atoms with van der Waals surface area (Å²) in [6.45, 7) is 2.33. The number of H-pyrrole nitrogens is 2. The van der Waals surface area contributed by atoms with Gasteiger partial charge < -0.3 is 19.6 Å². The summed E-state index contributed by atoms with van der Waals surface area (Å²) in [6.07, 6.45) is 0. The number of methoxy groups -OCH3 is 1. The van der Waals surface area contributed by atoms with Crippen LogP contribution in [0.4, 0.5) is 0 Å². The summed E-state index contributed by atoms with van der Waals surface area (Å²) in [6, 6.07) is 17.7. The van der Waals surface area contributed by atoms with Crippen LogP contribution in [0.25, 0.3) is 44.6 Å². The Hall–Kier alpha value is -3.84. The molecule has 3 aromatic carbocycles. The number of nitrogens with one attached hydrogen (secondary N) is 2. The van der Waals surface area contributed by atoms with E-state index in [1.165, 1.54) is 0 Å². The molecule has 0 radical (unpaired) electrons. The number of hydrogen-bond acceptors (Lipinski definition) is 5. The lowest BCUT2D eigenvalue weighted by atomic mass is 9.98. The first kappa shape index (κ1) is 19.1. The highest BCUT2D eigenvalue weighted by atomic mass is 16.5. The van der Waals surface area contributed by atoms with Crippen LogP contribution >= 0.6 is 0 Å². The highest BCUT2D eigenvalue weighted by molar-refractivity contribution is 5.95. The van der Waals surface area contributed by atoms with Gasteiger partial charge in [-0.1, -0.05) is 18.2 Å². The third-order valence-electron chi connectivity index (χ3n) is 5.35. The van der Waals surface area contributed by atoms with Crippen LogP contribution in [-0.2, 0) is 6.61 Å². The van der Waals surface area contributed by atoms with E-state index in [1.54, 1.807) is 7.11 Å². The van der Waals surface area contributed by atoms with Crippen molar-refractivity contribution in [1.29, 1.82) is 0 Å². The van der Waals surface area contributed by atoms with Crippen molar-refractivity contribution < 1.29 is 14.6 Å². The zero-order chi connectivity index (χ0) is 21.4. The fraction of sp³-hybridized carbons (Fsp3) is 0.167. The molecule has 7 nitrogen and oxygen atoms in total. The molecule has 5 rings (SSSR count). The van der Waals surface area contributed by atoms with Crippen LogP contribution in [0.1, 0.15) is 12.5 Å². The number of ether oxygens (including phenoxy) is 2. The lowest BCUT2D eigenvalue weighted by Crippen LogP contribution is -1.99. The number of para-hydroxylation sites is 2. The second-order valence-corrected chi connectivity index (χ2v) is 7.19. The van der Waals surface area contributed by atoms with E-state index in [2.05, 4.69) is 20.2 Å². The summed E-state index contributed by atoms with van der Waals surface area (Å²) < 4.78 is 11.1. The van der Waals surface area contributed by atoms with E-state index in [-0.39, 0.29) is 6.61 Å². The third-order valence-corrected chi connectivity index (χ3v) is 5.35. The van der Waals surface area contributed by atoms with Crippen LogP contribution < -0.4 is 9.47 Å². The fourth-order valence-corrected chi connectivity index (χ4v) is 3.86. The number of fused-ring (bicyclic) bond motifs is 2. The summed E-state index contributed by atoms with van der Waals surface area (Å²) >= 11 is 0. The van der Waals surface area contributed by atoms with Gasteiger partial charge in [-0.25, -0.2) is 4.98 Å². The summed E-state index contributed by atoms with van der Waals surface area (Å²) in [5.74, 6) is 1.97. The Bertz CT molecular complexity index is 1350. The van der Waals surface area contributed by atoms with Gasteiger partial charge >= 0.3 is 0 Å². The van der Waals surface area contributed by atoms with E-state index >= 15 is 0 Å². The molecule has 0 saturated heterocycles. The first-order valence-corrected chi connectivity index (χ1v) is 10.1. The van der Waals surface area contributed by atoms with Gasteiger partial charge in [0, 0.05) is 5.39 Å². The molecule has 31 heavy (non-hydrogen) atoms. The normalized spacial score (nSPS) is 11.3. The minimum Gasteiger partial charge on any atom is -0.493 e. The number of aliphatic hydroxyl groups is 1. The molecular weight excluding hydrogens is 392 g/mol. The van der Waals surface area contributed by atoms with Crippen molar-refractivity contribution in [3.8, 4) is 34.1 Å². The number of nitrogens with zero attached hydrogens (tertiary/aromatic N) is 2. The van der Waals surface area contributed by atoms with Crippen LogP contribution in [0.15, 0.2) is 54.6 Å². The van der Waals surface area contributed by atoms with Gasteiger partial charge in [-0.2, -0.15) is 5.10 Å². The SMILES string of the molecule is CCOc1cc(CO)c(-c2ccc3c(-c4nc5ccccc5[nH]4)n[nH]c3c2)cc1OC. The van der Waals surface area contributed by atoms with Crippen molar-refractivity contribution in [2.24, 2.45) is 0 Å². The standard InChI is InChI=1S/C24H22N4O3/c1-3-31-22-11-15(13-29)17(12-21(22)30-2)14-8-9-16-20(10-14)27-28-23(16)24-25-18-6-4-5-7-19(18)26-24/h4-12,29H,3,13H2,1-2H3,(H,25,26)(H,27,28). The predicted octanol–water partition coefficient (Wildman–Crippen LogP) is 4.67. The average Bonchev–Trinajstić information content (AvgIpc) is 3.42. The van der Waals surface area contributed by atoms with E-state index in [0.29, 0.717) is 18.1 Å². The highest BCUT2D eigenvalue weighted by Gasteiger charge is 2.16. The molecule has 156 valence electrons. The molecule has 0 amide bonds. The lowest BCUT2D eigenvalue weighted by Gasteiger charge is -2.15. The van der Waals surface area contributed by atoms with E-state index in [9.17, 15) is 5.11 Å². The Morgan fingerprint density at radius 2 is 1.87 bits per heavy atom. The third kappa shape index (κ3) is 3.29. The summed E-state index contributed by atoms with van der Waals surface area (Å²) in [7, 11) is 1.61. The summed E-state index contributed by atoms with van der Waals surface area (Å²) in [4.78, 5) is 7.99. The second kappa shape index (κ2) is 7.77. The first-order chi connectivity index (χ1) is 15.2. The monoisotopic (exact) mass is 414 g/mol. The first-order valence-electron chi connectivity index (χ1n) is 10.1. The summed E-state index contributed by atoms with van der Waals surface area (Å²) in [5.41, 5.74) is 6.11. The molecule has 2 aromatic heterocycles. The Morgan fingerprint density at radius 3 is 2.65 bits per heavy atom. The van der Waals surface area contributed by atoms with Gasteiger partial charge in [0.25, 0.3) is 0 Å². The molecular formula is C24H22N4O3. The Labute approximate surface area is 178 Å². The van der Waals surface area contributed by atoms with Crippen molar-refractivity contribution in [2.75, 3.05) is 13.7 Å². The van der Waals surface area contributed by atoms with Gasteiger partial charge in [0.05, 0.1) is 36.9 Å². The number of rotatable bonds is 6. The topological polar surface area (TPSA) is 96.0 Å². The van der Waals surface area contributed by atoms with Gasteiger partial charge in [0.2, 0.25) is 0 Å². The zero-order valence-corrected chi connectivity index (χ0v) is 17.3. The lowest BCUT2D eigenvalue weighted by molar-refractivity contribution is 0.278. The van der Waals surface area contributed by atoms with Crippen LogP contribution in [0.5, 0.6) is 11.5 Å². The molecule has 0 aliphatic rings. The molecule has 3 N–H and O–H groups in total. The Balaban J connectivity index is 1.60.